The first-order valence-corrected chi connectivity index (χ1v) is 7.56. The molecular weight excluding hydrogens is 320 g/mol. The maximum Gasteiger partial charge on any atom is 0.305 e. The van der Waals surface area contributed by atoms with Gasteiger partial charge in [0, 0.05) is 23.7 Å². The van der Waals surface area contributed by atoms with E-state index in [4.69, 9.17) is 11.6 Å². The first-order valence-electron chi connectivity index (χ1n) is 7.18. The number of hydrogen-bond donors (Lipinski definition) is 1. The number of anilines is 1. The van der Waals surface area contributed by atoms with Gasteiger partial charge in [0.25, 0.3) is 0 Å². The summed E-state index contributed by atoms with van der Waals surface area (Å²) in [7, 11) is 0. The predicted octanol–water partition coefficient (Wildman–Crippen LogP) is 2.53. The summed E-state index contributed by atoms with van der Waals surface area (Å²) in [6, 6.07) is 7.28. The van der Waals surface area contributed by atoms with Crippen LogP contribution < -0.4 is 4.90 Å². The van der Waals surface area contributed by atoms with Crippen LogP contribution in [0.2, 0.25) is 5.02 Å². The molecule has 2 aromatic rings. The smallest absolute Gasteiger partial charge is 0.305 e. The van der Waals surface area contributed by atoms with Crippen LogP contribution in [-0.4, -0.2) is 33.1 Å². The number of rotatable bonds is 3. The molecule has 1 fully saturated rings. The van der Waals surface area contributed by atoms with E-state index in [0.717, 1.165) is 5.56 Å². The molecule has 1 aliphatic rings. The molecule has 0 amide bonds. The van der Waals surface area contributed by atoms with E-state index >= 15 is 0 Å². The van der Waals surface area contributed by atoms with Gasteiger partial charge >= 0.3 is 5.69 Å². The lowest BCUT2D eigenvalue weighted by atomic mass is 9.84. The molecule has 0 spiro atoms. The fraction of sp³-hybridized carbons (Fsp3) is 0.333. The van der Waals surface area contributed by atoms with Crippen molar-refractivity contribution in [3.63, 3.8) is 0 Å². The molecule has 7 nitrogen and oxygen atoms in total. The number of nitrogens with zero attached hydrogens (tertiary/aromatic N) is 4. The van der Waals surface area contributed by atoms with Crippen LogP contribution in [0.4, 0.5) is 11.6 Å². The average Bonchev–Trinajstić information content (AvgIpc) is 2.56. The summed E-state index contributed by atoms with van der Waals surface area (Å²) in [6.07, 6.45) is 3.35. The predicted molar refractivity (Wildman–Crippen MR) is 85.5 cm³/mol. The third-order valence-corrected chi connectivity index (χ3v) is 4.41. The number of aliphatic hydroxyl groups is 1. The van der Waals surface area contributed by atoms with Crippen molar-refractivity contribution < 1.29 is 10.0 Å². The molecule has 23 heavy (non-hydrogen) atoms. The summed E-state index contributed by atoms with van der Waals surface area (Å²) in [6.45, 7) is 1.08. The molecule has 2 heterocycles. The number of piperidine rings is 1. The average molecular weight is 335 g/mol. The Hall–Kier alpha value is -2.25. The highest BCUT2D eigenvalue weighted by molar-refractivity contribution is 6.31. The van der Waals surface area contributed by atoms with Crippen LogP contribution >= 0.6 is 11.6 Å². The highest BCUT2D eigenvalue weighted by Gasteiger charge is 2.36. The third kappa shape index (κ3) is 3.11. The van der Waals surface area contributed by atoms with Gasteiger partial charge in [-0.25, -0.2) is 9.97 Å². The summed E-state index contributed by atoms with van der Waals surface area (Å²) in [5, 5.41) is 22.0. The molecule has 0 saturated carbocycles. The molecule has 3 rings (SSSR count). The van der Waals surface area contributed by atoms with Crippen molar-refractivity contribution in [2.45, 2.75) is 18.4 Å². The Kier molecular flexibility index (Phi) is 4.14. The lowest BCUT2D eigenvalue weighted by Crippen LogP contribution is -2.43. The Morgan fingerprint density at radius 3 is 2.39 bits per heavy atom. The number of hydrogen-bond acceptors (Lipinski definition) is 6. The van der Waals surface area contributed by atoms with Gasteiger partial charge in [-0.15, -0.1) is 0 Å². The summed E-state index contributed by atoms with van der Waals surface area (Å²) in [5.74, 6) is 0.428. The van der Waals surface area contributed by atoms with Crippen molar-refractivity contribution in [1.82, 2.24) is 9.97 Å². The van der Waals surface area contributed by atoms with Crippen LogP contribution in [0.3, 0.4) is 0 Å². The molecule has 8 heteroatoms. The highest BCUT2D eigenvalue weighted by atomic mass is 35.5. The molecule has 1 aromatic carbocycles. The van der Waals surface area contributed by atoms with Crippen molar-refractivity contribution in [3.05, 3.63) is 57.4 Å². The van der Waals surface area contributed by atoms with Crippen LogP contribution in [0.1, 0.15) is 18.4 Å². The van der Waals surface area contributed by atoms with Gasteiger partial charge in [0.1, 0.15) is 12.4 Å². The molecule has 0 aliphatic carbocycles. The minimum Gasteiger partial charge on any atom is -0.385 e. The number of aromatic nitrogens is 2. The van der Waals surface area contributed by atoms with Gasteiger partial charge in [0.2, 0.25) is 5.95 Å². The molecule has 1 aromatic heterocycles. The Balaban J connectivity index is 1.73. The first-order chi connectivity index (χ1) is 11.0. The Labute approximate surface area is 137 Å². The van der Waals surface area contributed by atoms with Crippen molar-refractivity contribution in [3.8, 4) is 0 Å². The fourth-order valence-electron chi connectivity index (χ4n) is 2.76. The van der Waals surface area contributed by atoms with E-state index in [1.54, 1.807) is 6.07 Å². The van der Waals surface area contributed by atoms with Gasteiger partial charge in [-0.2, -0.15) is 0 Å². The molecule has 0 radical (unpaired) electrons. The number of benzene rings is 1. The van der Waals surface area contributed by atoms with E-state index in [-0.39, 0.29) is 5.69 Å². The molecule has 0 bridgehead atoms. The van der Waals surface area contributed by atoms with Crippen LogP contribution in [0, 0.1) is 10.1 Å². The van der Waals surface area contributed by atoms with Crippen molar-refractivity contribution in [1.29, 1.82) is 0 Å². The van der Waals surface area contributed by atoms with Gasteiger partial charge < -0.3 is 10.0 Å². The summed E-state index contributed by atoms with van der Waals surface area (Å²) < 4.78 is 0. The Morgan fingerprint density at radius 2 is 1.83 bits per heavy atom. The molecule has 120 valence electrons. The Morgan fingerprint density at radius 1 is 1.22 bits per heavy atom. The highest BCUT2D eigenvalue weighted by Crippen LogP contribution is 2.37. The quantitative estimate of drug-likeness (QED) is 0.685. The van der Waals surface area contributed by atoms with E-state index in [0.29, 0.717) is 36.9 Å². The van der Waals surface area contributed by atoms with E-state index in [9.17, 15) is 15.2 Å². The molecular formula is C15H15ClN4O3. The van der Waals surface area contributed by atoms with E-state index in [1.165, 1.54) is 12.4 Å². The molecule has 0 atom stereocenters. The maximum absolute atomic E-state index is 10.9. The zero-order valence-corrected chi connectivity index (χ0v) is 13.0. The first kappa shape index (κ1) is 15.6. The zero-order chi connectivity index (χ0) is 16.4. The van der Waals surface area contributed by atoms with Crippen LogP contribution in [0.25, 0.3) is 0 Å². The van der Waals surface area contributed by atoms with Gasteiger partial charge in [0.15, 0.2) is 0 Å². The molecule has 0 unspecified atom stereocenters. The second-order valence-corrected chi connectivity index (χ2v) is 5.90. The van der Waals surface area contributed by atoms with Crippen molar-refractivity contribution in [2.75, 3.05) is 18.0 Å². The van der Waals surface area contributed by atoms with Gasteiger partial charge in [-0.3, -0.25) is 10.1 Å². The zero-order valence-electron chi connectivity index (χ0n) is 12.2. The number of nitro groups is 1. The maximum atomic E-state index is 10.9. The van der Waals surface area contributed by atoms with Crippen LogP contribution in [-0.2, 0) is 5.60 Å². The standard InChI is InChI=1S/C15H15ClN4O3/c16-13-4-2-1-3-12(13)15(21)5-7-19(8-6-15)14-17-9-11(10-18-14)20(22)23/h1-4,9-10,21H,5-8H2. The molecule has 1 saturated heterocycles. The lowest BCUT2D eigenvalue weighted by molar-refractivity contribution is -0.385. The molecule has 1 N–H and O–H groups in total. The van der Waals surface area contributed by atoms with Gasteiger partial charge in [-0.1, -0.05) is 29.8 Å². The number of halogens is 1. The normalized spacial score (nSPS) is 17.0. The minimum absolute atomic E-state index is 0.140. The summed E-state index contributed by atoms with van der Waals surface area (Å²) in [5.41, 5.74) is -0.389. The summed E-state index contributed by atoms with van der Waals surface area (Å²) >= 11 is 6.19. The topological polar surface area (TPSA) is 92.4 Å². The SMILES string of the molecule is O=[N+]([O-])c1cnc(N2CCC(O)(c3ccccc3Cl)CC2)nc1. The van der Waals surface area contributed by atoms with Crippen LogP contribution in [0.5, 0.6) is 0 Å². The van der Waals surface area contributed by atoms with E-state index in [2.05, 4.69) is 9.97 Å². The largest absolute Gasteiger partial charge is 0.385 e. The van der Waals surface area contributed by atoms with Gasteiger partial charge in [0.05, 0.1) is 10.5 Å². The monoisotopic (exact) mass is 334 g/mol. The van der Waals surface area contributed by atoms with E-state index in [1.807, 2.05) is 23.1 Å². The lowest BCUT2D eigenvalue weighted by Gasteiger charge is -2.38. The Bertz CT molecular complexity index is 715. The third-order valence-electron chi connectivity index (χ3n) is 4.08. The van der Waals surface area contributed by atoms with Crippen molar-refractivity contribution >= 4 is 23.2 Å². The van der Waals surface area contributed by atoms with Gasteiger partial charge in [-0.05, 0) is 18.9 Å². The van der Waals surface area contributed by atoms with E-state index < -0.39 is 10.5 Å². The second-order valence-electron chi connectivity index (χ2n) is 5.50. The van der Waals surface area contributed by atoms with Crippen molar-refractivity contribution in [2.24, 2.45) is 0 Å². The summed E-state index contributed by atoms with van der Waals surface area (Å²) in [4.78, 5) is 20.0. The molecule has 1 aliphatic heterocycles. The van der Waals surface area contributed by atoms with Crippen LogP contribution in [0.15, 0.2) is 36.7 Å². The second kappa shape index (κ2) is 6.10. The fourth-order valence-corrected chi connectivity index (χ4v) is 3.07. The minimum atomic E-state index is -0.977.